The van der Waals surface area contributed by atoms with Gasteiger partial charge >= 0.3 is 0 Å². The Hall–Kier alpha value is -1.40. The monoisotopic (exact) mass is 352 g/mol. The van der Waals surface area contributed by atoms with Crippen LogP contribution in [0.4, 0.5) is 5.69 Å². The van der Waals surface area contributed by atoms with E-state index in [4.69, 9.17) is 18.0 Å². The number of aromatic nitrogens is 2. The molecule has 20 heavy (non-hydrogen) atoms. The molecule has 1 aromatic heterocycles. The molecule has 0 aliphatic carbocycles. The fraction of sp³-hybridized carbons (Fsp3) is 0.286. The van der Waals surface area contributed by atoms with E-state index >= 15 is 0 Å². The molecular formula is C14H17BrN4S. The third-order valence-corrected chi connectivity index (χ3v) is 3.84. The topological polar surface area (TPSA) is 55.9 Å². The van der Waals surface area contributed by atoms with E-state index in [-0.39, 0.29) is 0 Å². The molecule has 0 saturated heterocycles. The molecule has 0 spiro atoms. The average molecular weight is 353 g/mol. The fourth-order valence-corrected chi connectivity index (χ4v) is 2.80. The van der Waals surface area contributed by atoms with Gasteiger partial charge in [0, 0.05) is 41.2 Å². The van der Waals surface area contributed by atoms with Gasteiger partial charge in [-0.2, -0.15) is 0 Å². The summed E-state index contributed by atoms with van der Waals surface area (Å²) in [7, 11) is 0. The standard InChI is InChI=1S/C14H17BrN4S/c15-13-9-11(3-4-12(13)14(16)20)18-5-1-2-7-19-8-6-17-10-19/h3-4,6,8-10,18H,1-2,5,7H2,(H2,16,20). The molecule has 4 nitrogen and oxygen atoms in total. The van der Waals surface area contributed by atoms with Crippen LogP contribution in [0.25, 0.3) is 0 Å². The van der Waals surface area contributed by atoms with Gasteiger partial charge in [-0.3, -0.25) is 0 Å². The van der Waals surface area contributed by atoms with E-state index in [1.165, 1.54) is 0 Å². The Morgan fingerprint density at radius 3 is 2.90 bits per heavy atom. The van der Waals surface area contributed by atoms with Crippen molar-refractivity contribution in [1.82, 2.24) is 9.55 Å². The van der Waals surface area contributed by atoms with Crippen molar-refractivity contribution in [3.05, 3.63) is 47.0 Å². The zero-order valence-corrected chi connectivity index (χ0v) is 13.5. The van der Waals surface area contributed by atoms with E-state index in [0.717, 1.165) is 41.7 Å². The van der Waals surface area contributed by atoms with Crippen LogP contribution in [0, 0.1) is 0 Å². The van der Waals surface area contributed by atoms with Crippen LogP contribution in [-0.2, 0) is 6.54 Å². The molecule has 1 heterocycles. The molecule has 0 atom stereocenters. The lowest BCUT2D eigenvalue weighted by atomic mass is 10.2. The van der Waals surface area contributed by atoms with E-state index in [1.807, 2.05) is 30.7 Å². The second-order valence-corrected chi connectivity index (χ2v) is 5.79. The van der Waals surface area contributed by atoms with Crippen molar-refractivity contribution in [2.75, 3.05) is 11.9 Å². The minimum absolute atomic E-state index is 0.406. The van der Waals surface area contributed by atoms with Crippen LogP contribution in [0.2, 0.25) is 0 Å². The third kappa shape index (κ3) is 4.31. The van der Waals surface area contributed by atoms with Crippen molar-refractivity contribution in [1.29, 1.82) is 0 Å². The second kappa shape index (κ2) is 7.40. The number of rotatable bonds is 7. The van der Waals surface area contributed by atoms with Gasteiger partial charge in [0.1, 0.15) is 4.99 Å². The van der Waals surface area contributed by atoms with Crippen molar-refractivity contribution in [3.8, 4) is 0 Å². The lowest BCUT2D eigenvalue weighted by Gasteiger charge is -2.09. The summed E-state index contributed by atoms with van der Waals surface area (Å²) in [6, 6.07) is 5.93. The molecule has 2 rings (SSSR count). The highest BCUT2D eigenvalue weighted by molar-refractivity contribution is 9.10. The first kappa shape index (κ1) is 15.0. The molecule has 0 fully saturated rings. The molecule has 0 unspecified atom stereocenters. The Kier molecular flexibility index (Phi) is 5.55. The van der Waals surface area contributed by atoms with Gasteiger partial charge in [0.05, 0.1) is 6.33 Å². The van der Waals surface area contributed by atoms with E-state index in [9.17, 15) is 0 Å². The number of halogens is 1. The summed E-state index contributed by atoms with van der Waals surface area (Å²) in [5.41, 5.74) is 7.56. The predicted molar refractivity (Wildman–Crippen MR) is 90.0 cm³/mol. The minimum atomic E-state index is 0.406. The first-order valence-corrected chi connectivity index (χ1v) is 7.66. The molecule has 0 radical (unpaired) electrons. The Labute approximate surface area is 132 Å². The maximum Gasteiger partial charge on any atom is 0.105 e. The zero-order chi connectivity index (χ0) is 14.4. The quantitative estimate of drug-likeness (QED) is 0.593. The van der Waals surface area contributed by atoms with Gasteiger partial charge in [0.25, 0.3) is 0 Å². The molecule has 3 N–H and O–H groups in total. The SMILES string of the molecule is NC(=S)c1ccc(NCCCCn2ccnc2)cc1Br. The molecule has 0 saturated carbocycles. The van der Waals surface area contributed by atoms with Gasteiger partial charge in [-0.1, -0.05) is 12.2 Å². The van der Waals surface area contributed by atoms with Crippen molar-refractivity contribution in [2.24, 2.45) is 5.73 Å². The number of anilines is 1. The number of nitrogens with one attached hydrogen (secondary N) is 1. The van der Waals surface area contributed by atoms with Crippen molar-refractivity contribution in [3.63, 3.8) is 0 Å². The smallest absolute Gasteiger partial charge is 0.105 e. The molecule has 0 aliphatic heterocycles. The van der Waals surface area contributed by atoms with Gasteiger partial charge in [0.2, 0.25) is 0 Å². The fourth-order valence-electron chi connectivity index (χ4n) is 1.90. The van der Waals surface area contributed by atoms with Crippen LogP contribution in [0.3, 0.4) is 0 Å². The van der Waals surface area contributed by atoms with Gasteiger partial charge < -0.3 is 15.6 Å². The van der Waals surface area contributed by atoms with Gasteiger partial charge in [-0.25, -0.2) is 4.98 Å². The molecule has 0 bridgehead atoms. The third-order valence-electron chi connectivity index (χ3n) is 2.97. The summed E-state index contributed by atoms with van der Waals surface area (Å²) >= 11 is 8.45. The first-order valence-electron chi connectivity index (χ1n) is 6.46. The summed E-state index contributed by atoms with van der Waals surface area (Å²) in [6.07, 6.45) is 7.86. The number of hydrogen-bond acceptors (Lipinski definition) is 3. The van der Waals surface area contributed by atoms with Crippen LogP contribution in [0.15, 0.2) is 41.4 Å². The Morgan fingerprint density at radius 2 is 2.25 bits per heavy atom. The van der Waals surface area contributed by atoms with Gasteiger partial charge in [-0.15, -0.1) is 0 Å². The highest BCUT2D eigenvalue weighted by Crippen LogP contribution is 2.21. The molecular weight excluding hydrogens is 336 g/mol. The number of thiocarbonyl (C=S) groups is 1. The number of benzene rings is 1. The number of aryl methyl sites for hydroxylation is 1. The van der Waals surface area contributed by atoms with Gasteiger partial charge in [0.15, 0.2) is 0 Å². The summed E-state index contributed by atoms with van der Waals surface area (Å²) in [6.45, 7) is 1.94. The first-order chi connectivity index (χ1) is 9.66. The number of nitrogens with two attached hydrogens (primary N) is 1. The molecule has 1 aromatic carbocycles. The maximum absolute atomic E-state index is 5.62. The van der Waals surface area contributed by atoms with Crippen LogP contribution in [0.1, 0.15) is 18.4 Å². The molecule has 2 aromatic rings. The molecule has 6 heteroatoms. The van der Waals surface area contributed by atoms with E-state index in [0.29, 0.717) is 4.99 Å². The summed E-state index contributed by atoms with van der Waals surface area (Å²) < 4.78 is 3.02. The normalized spacial score (nSPS) is 10.4. The zero-order valence-electron chi connectivity index (χ0n) is 11.1. The second-order valence-electron chi connectivity index (χ2n) is 4.49. The number of imidazole rings is 1. The highest BCUT2D eigenvalue weighted by Gasteiger charge is 2.03. The van der Waals surface area contributed by atoms with Crippen LogP contribution >= 0.6 is 28.1 Å². The van der Waals surface area contributed by atoms with Crippen molar-refractivity contribution in [2.45, 2.75) is 19.4 Å². The van der Waals surface area contributed by atoms with Crippen LogP contribution in [0.5, 0.6) is 0 Å². The maximum atomic E-state index is 5.62. The summed E-state index contributed by atoms with van der Waals surface area (Å²) in [4.78, 5) is 4.43. The van der Waals surface area contributed by atoms with E-state index in [2.05, 4.69) is 30.8 Å². The number of nitrogens with zero attached hydrogens (tertiary/aromatic N) is 2. The van der Waals surface area contributed by atoms with Crippen molar-refractivity contribution < 1.29 is 0 Å². The largest absolute Gasteiger partial charge is 0.389 e. The van der Waals surface area contributed by atoms with Crippen molar-refractivity contribution >= 4 is 38.8 Å². The predicted octanol–water partition coefficient (Wildman–Crippen LogP) is 3.17. The van der Waals surface area contributed by atoms with E-state index in [1.54, 1.807) is 6.20 Å². The summed E-state index contributed by atoms with van der Waals surface area (Å²) in [5.74, 6) is 0. The summed E-state index contributed by atoms with van der Waals surface area (Å²) in [5, 5.41) is 3.39. The molecule has 106 valence electrons. The Morgan fingerprint density at radius 1 is 1.40 bits per heavy atom. The Bertz CT molecular complexity index is 569. The van der Waals surface area contributed by atoms with Crippen LogP contribution < -0.4 is 11.1 Å². The highest BCUT2D eigenvalue weighted by atomic mass is 79.9. The lowest BCUT2D eigenvalue weighted by Crippen LogP contribution is -2.10. The van der Waals surface area contributed by atoms with Gasteiger partial charge in [-0.05, 0) is 47.0 Å². The number of unbranched alkanes of at least 4 members (excludes halogenated alkanes) is 1. The lowest BCUT2D eigenvalue weighted by molar-refractivity contribution is 0.621. The Balaban J connectivity index is 1.74. The molecule has 0 amide bonds. The van der Waals surface area contributed by atoms with Crippen LogP contribution in [-0.4, -0.2) is 21.1 Å². The molecule has 0 aliphatic rings. The minimum Gasteiger partial charge on any atom is -0.389 e. The average Bonchev–Trinajstić information content (AvgIpc) is 2.91. The number of hydrogen-bond donors (Lipinski definition) is 2. The van der Waals surface area contributed by atoms with E-state index < -0.39 is 0 Å².